The summed E-state index contributed by atoms with van der Waals surface area (Å²) in [6, 6.07) is 3.36. The van der Waals surface area contributed by atoms with Gasteiger partial charge in [0.15, 0.2) is 11.5 Å². The Morgan fingerprint density at radius 3 is 2.40 bits per heavy atom. The average molecular weight is 416 g/mol. The van der Waals surface area contributed by atoms with E-state index < -0.39 is 17.1 Å². The summed E-state index contributed by atoms with van der Waals surface area (Å²) in [5.74, 6) is 1.01. The third-order valence-electron chi connectivity index (χ3n) is 4.96. The molecule has 2 aromatic rings. The minimum absolute atomic E-state index is 0.0433. The summed E-state index contributed by atoms with van der Waals surface area (Å²) in [6.07, 6.45) is 1.77. The third kappa shape index (κ3) is 3.51. The van der Waals surface area contributed by atoms with Gasteiger partial charge in [0.1, 0.15) is 5.56 Å². The molecule has 0 radical (unpaired) electrons. The van der Waals surface area contributed by atoms with Gasteiger partial charge in [-0.25, -0.2) is 4.79 Å². The number of allylic oxidation sites excluding steroid dienone is 1. The van der Waals surface area contributed by atoms with Gasteiger partial charge in [-0.1, -0.05) is 6.08 Å². The standard InChI is InChI=1S/C20H24N4O6/c1-6-7-24-19(26)16(18(25)21-20(24)27)12-10-13(23(2)22-12)11-8-14(28-3)17(30-5)15(9-11)29-4/h6,8-9,13,26H,1,7,10H2,2-5H3,(H,21,25,27)/t13-/m0/s1. The summed E-state index contributed by atoms with van der Waals surface area (Å²) in [6.45, 7) is 3.61. The molecule has 1 aromatic carbocycles. The zero-order valence-corrected chi connectivity index (χ0v) is 17.3. The normalized spacial score (nSPS) is 15.7. The van der Waals surface area contributed by atoms with Crippen molar-refractivity contribution in [3.63, 3.8) is 0 Å². The number of rotatable bonds is 7. The molecule has 0 saturated carbocycles. The van der Waals surface area contributed by atoms with Gasteiger partial charge in [-0.15, -0.1) is 6.58 Å². The van der Waals surface area contributed by atoms with E-state index in [1.807, 2.05) is 12.1 Å². The van der Waals surface area contributed by atoms with Gasteiger partial charge < -0.3 is 19.3 Å². The van der Waals surface area contributed by atoms with Crippen molar-refractivity contribution in [1.29, 1.82) is 0 Å². The highest BCUT2D eigenvalue weighted by Crippen LogP contribution is 2.42. The van der Waals surface area contributed by atoms with Crippen LogP contribution in [-0.2, 0) is 6.54 Å². The van der Waals surface area contributed by atoms with Crippen LogP contribution in [0.2, 0.25) is 0 Å². The van der Waals surface area contributed by atoms with Crippen molar-refractivity contribution in [2.45, 2.75) is 19.0 Å². The van der Waals surface area contributed by atoms with E-state index >= 15 is 0 Å². The van der Waals surface area contributed by atoms with E-state index in [0.29, 0.717) is 29.4 Å². The maximum atomic E-state index is 12.4. The van der Waals surface area contributed by atoms with E-state index in [-0.39, 0.29) is 18.2 Å². The van der Waals surface area contributed by atoms with E-state index in [1.165, 1.54) is 27.4 Å². The van der Waals surface area contributed by atoms with Crippen LogP contribution in [0, 0.1) is 0 Å². The van der Waals surface area contributed by atoms with Crippen molar-refractivity contribution in [3.05, 3.63) is 56.8 Å². The molecule has 10 nitrogen and oxygen atoms in total. The number of methoxy groups -OCH3 is 3. The van der Waals surface area contributed by atoms with Gasteiger partial charge in [-0.2, -0.15) is 5.10 Å². The number of ether oxygens (including phenoxy) is 3. The minimum atomic E-state index is -0.714. The van der Waals surface area contributed by atoms with Crippen molar-refractivity contribution in [2.24, 2.45) is 5.10 Å². The summed E-state index contributed by atoms with van der Waals surface area (Å²) in [7, 11) is 6.34. The molecule has 0 spiro atoms. The lowest BCUT2D eigenvalue weighted by Gasteiger charge is -2.21. The number of benzene rings is 1. The maximum Gasteiger partial charge on any atom is 0.331 e. The molecule has 0 bridgehead atoms. The van der Waals surface area contributed by atoms with Gasteiger partial charge in [0.05, 0.1) is 33.1 Å². The zero-order valence-electron chi connectivity index (χ0n) is 17.3. The molecule has 0 saturated heterocycles. The second-order valence-electron chi connectivity index (χ2n) is 6.66. The first-order chi connectivity index (χ1) is 14.4. The number of hydrazone groups is 1. The highest BCUT2D eigenvalue weighted by atomic mass is 16.5. The number of H-pyrrole nitrogens is 1. The van der Waals surface area contributed by atoms with Gasteiger partial charge in [-0.3, -0.25) is 19.4 Å². The van der Waals surface area contributed by atoms with Crippen LogP contribution in [0.4, 0.5) is 0 Å². The number of aromatic hydroxyl groups is 1. The molecular formula is C20H24N4O6. The number of aromatic amines is 1. The van der Waals surface area contributed by atoms with Crippen LogP contribution in [-0.4, -0.2) is 53.8 Å². The smallest absolute Gasteiger partial charge is 0.331 e. The molecule has 0 aliphatic carbocycles. The molecule has 1 aliphatic rings. The van der Waals surface area contributed by atoms with Gasteiger partial charge in [-0.05, 0) is 17.7 Å². The molecule has 0 unspecified atom stereocenters. The molecule has 2 heterocycles. The number of nitrogens with one attached hydrogen (secondary N) is 1. The van der Waals surface area contributed by atoms with Crippen molar-refractivity contribution < 1.29 is 19.3 Å². The van der Waals surface area contributed by atoms with Gasteiger partial charge in [0, 0.05) is 20.0 Å². The summed E-state index contributed by atoms with van der Waals surface area (Å²) < 4.78 is 17.2. The molecule has 2 N–H and O–H groups in total. The van der Waals surface area contributed by atoms with Crippen LogP contribution >= 0.6 is 0 Å². The Balaban J connectivity index is 2.04. The quantitative estimate of drug-likeness (QED) is 0.652. The third-order valence-corrected chi connectivity index (χ3v) is 4.96. The van der Waals surface area contributed by atoms with Crippen LogP contribution in [0.1, 0.15) is 23.6 Å². The zero-order chi connectivity index (χ0) is 22.0. The molecule has 160 valence electrons. The Hall–Kier alpha value is -3.69. The molecule has 30 heavy (non-hydrogen) atoms. The topological polar surface area (TPSA) is 118 Å². The van der Waals surface area contributed by atoms with Crippen LogP contribution in [0.15, 0.2) is 39.5 Å². The molecule has 1 aliphatic heterocycles. The molecule has 0 amide bonds. The van der Waals surface area contributed by atoms with E-state index in [9.17, 15) is 14.7 Å². The Labute approximate surface area is 172 Å². The molecule has 10 heteroatoms. The predicted octanol–water partition coefficient (Wildman–Crippen LogP) is 1.23. The lowest BCUT2D eigenvalue weighted by atomic mass is 9.98. The van der Waals surface area contributed by atoms with Crippen molar-refractivity contribution in [2.75, 3.05) is 28.4 Å². The highest BCUT2D eigenvalue weighted by Gasteiger charge is 2.31. The fraction of sp³-hybridized carbons (Fsp3) is 0.350. The Bertz CT molecular complexity index is 1090. The van der Waals surface area contributed by atoms with E-state index in [1.54, 1.807) is 12.1 Å². The lowest BCUT2D eigenvalue weighted by molar-refractivity contribution is 0.284. The van der Waals surface area contributed by atoms with Gasteiger partial charge in [0.25, 0.3) is 5.56 Å². The SMILES string of the molecule is C=CCn1c(O)c(C2=NN(C)[C@H](c3cc(OC)c(OC)c(OC)c3)C2)c(=O)[nH]c1=O. The van der Waals surface area contributed by atoms with E-state index in [0.717, 1.165) is 10.1 Å². The Morgan fingerprint density at radius 1 is 1.23 bits per heavy atom. The summed E-state index contributed by atoms with van der Waals surface area (Å²) >= 11 is 0. The molecule has 1 atom stereocenters. The van der Waals surface area contributed by atoms with Crippen molar-refractivity contribution in [3.8, 4) is 23.1 Å². The van der Waals surface area contributed by atoms with Gasteiger partial charge >= 0.3 is 5.69 Å². The molecule has 3 rings (SSSR count). The fourth-order valence-electron chi connectivity index (χ4n) is 3.51. The van der Waals surface area contributed by atoms with Crippen LogP contribution < -0.4 is 25.5 Å². The first-order valence-corrected chi connectivity index (χ1v) is 9.13. The van der Waals surface area contributed by atoms with Gasteiger partial charge in [0.2, 0.25) is 11.6 Å². The largest absolute Gasteiger partial charge is 0.494 e. The Morgan fingerprint density at radius 2 is 1.87 bits per heavy atom. The van der Waals surface area contributed by atoms with E-state index in [2.05, 4.69) is 16.7 Å². The summed E-state index contributed by atoms with van der Waals surface area (Å²) in [5, 5.41) is 16.7. The van der Waals surface area contributed by atoms with Crippen LogP contribution in [0.25, 0.3) is 0 Å². The number of hydrogen-bond donors (Lipinski definition) is 2. The van der Waals surface area contributed by atoms with E-state index in [4.69, 9.17) is 14.2 Å². The Kier molecular flexibility index (Phi) is 5.86. The maximum absolute atomic E-state index is 12.4. The molecular weight excluding hydrogens is 392 g/mol. The number of hydrogen-bond acceptors (Lipinski definition) is 8. The average Bonchev–Trinajstić information content (AvgIpc) is 3.10. The molecule has 0 fully saturated rings. The lowest BCUT2D eigenvalue weighted by Crippen LogP contribution is -2.33. The first kappa shape index (κ1) is 21.0. The monoisotopic (exact) mass is 416 g/mol. The highest BCUT2D eigenvalue weighted by molar-refractivity contribution is 6.03. The van der Waals surface area contributed by atoms with Crippen LogP contribution in [0.5, 0.6) is 23.1 Å². The number of nitrogens with zero attached hydrogens (tertiary/aromatic N) is 3. The first-order valence-electron chi connectivity index (χ1n) is 9.13. The van der Waals surface area contributed by atoms with Crippen LogP contribution in [0.3, 0.4) is 0 Å². The summed E-state index contributed by atoms with van der Waals surface area (Å²) in [4.78, 5) is 26.6. The number of aromatic nitrogens is 2. The fourth-order valence-corrected chi connectivity index (χ4v) is 3.51. The summed E-state index contributed by atoms with van der Waals surface area (Å²) in [5.41, 5.74) is -0.281. The second-order valence-corrected chi connectivity index (χ2v) is 6.66. The molecule has 1 aromatic heterocycles. The predicted molar refractivity (Wildman–Crippen MR) is 111 cm³/mol. The minimum Gasteiger partial charge on any atom is -0.494 e. The van der Waals surface area contributed by atoms with Crippen molar-refractivity contribution >= 4 is 5.71 Å². The second kappa shape index (κ2) is 8.36. The van der Waals surface area contributed by atoms with Crippen molar-refractivity contribution in [1.82, 2.24) is 14.6 Å².